The van der Waals surface area contributed by atoms with Crippen molar-refractivity contribution in [1.29, 1.82) is 0 Å². The van der Waals surface area contributed by atoms with Crippen LogP contribution in [0.5, 0.6) is 0 Å². The van der Waals surface area contributed by atoms with Crippen molar-refractivity contribution in [1.82, 2.24) is 9.80 Å². The minimum atomic E-state index is -0.207. The summed E-state index contributed by atoms with van der Waals surface area (Å²) in [4.78, 5) is 17.0. The Hall–Kier alpha value is -0.810. The van der Waals surface area contributed by atoms with Gasteiger partial charge in [0.25, 0.3) is 0 Å². The van der Waals surface area contributed by atoms with E-state index in [1.165, 1.54) is 0 Å². The Morgan fingerprint density at radius 2 is 1.64 bits per heavy atom. The molecule has 1 aromatic rings. The van der Waals surface area contributed by atoms with Crippen molar-refractivity contribution in [3.63, 3.8) is 0 Å². The quantitative estimate of drug-likeness (QED) is 0.907. The number of rotatable bonds is 4. The van der Waals surface area contributed by atoms with Crippen molar-refractivity contribution in [2.24, 2.45) is 5.73 Å². The molecule has 6 heteroatoms. The van der Waals surface area contributed by atoms with Gasteiger partial charge in [-0.1, -0.05) is 30.3 Å². The molecule has 0 aliphatic carbocycles. The number of hydrogen-bond acceptors (Lipinski definition) is 3. The van der Waals surface area contributed by atoms with Gasteiger partial charge in [0.15, 0.2) is 0 Å². The smallest absolute Gasteiger partial charge is 0.231 e. The number of nitrogens with zero attached hydrogens (tertiary/aromatic N) is 2. The van der Waals surface area contributed by atoms with Crippen molar-refractivity contribution < 1.29 is 4.79 Å². The van der Waals surface area contributed by atoms with E-state index in [2.05, 4.69) is 18.7 Å². The van der Waals surface area contributed by atoms with Crippen LogP contribution >= 0.6 is 24.8 Å². The van der Waals surface area contributed by atoms with Crippen molar-refractivity contribution in [3.8, 4) is 0 Å². The number of piperazine rings is 1. The van der Waals surface area contributed by atoms with Crippen LogP contribution in [0.2, 0.25) is 0 Å². The highest BCUT2D eigenvalue weighted by Crippen LogP contribution is 2.18. The molecule has 0 saturated carbocycles. The van der Waals surface area contributed by atoms with Crippen LogP contribution in [0.4, 0.5) is 0 Å². The van der Waals surface area contributed by atoms with Gasteiger partial charge in [-0.2, -0.15) is 0 Å². The third-order valence-corrected chi connectivity index (χ3v) is 4.09. The van der Waals surface area contributed by atoms with E-state index in [1.807, 2.05) is 35.2 Å². The molecule has 1 aliphatic heterocycles. The lowest BCUT2D eigenvalue weighted by Gasteiger charge is -2.38. The van der Waals surface area contributed by atoms with Crippen LogP contribution in [0.1, 0.15) is 25.3 Å². The van der Waals surface area contributed by atoms with Gasteiger partial charge >= 0.3 is 0 Å². The maximum absolute atomic E-state index is 12.6. The molecule has 1 atom stereocenters. The van der Waals surface area contributed by atoms with Crippen molar-refractivity contribution in [2.45, 2.75) is 25.8 Å². The zero-order chi connectivity index (χ0) is 14.5. The molecule has 2 N–H and O–H groups in total. The summed E-state index contributed by atoms with van der Waals surface area (Å²) in [7, 11) is 0. The highest BCUT2D eigenvalue weighted by Gasteiger charge is 2.28. The summed E-state index contributed by atoms with van der Waals surface area (Å²) in [5.41, 5.74) is 6.85. The zero-order valence-electron chi connectivity index (χ0n) is 13.3. The monoisotopic (exact) mass is 347 g/mol. The highest BCUT2D eigenvalue weighted by atomic mass is 35.5. The second kappa shape index (κ2) is 10.1. The number of carbonyl (C=O) groups excluding carboxylic acids is 1. The molecule has 2 rings (SSSR count). The Bertz CT molecular complexity index is 434. The van der Waals surface area contributed by atoms with E-state index in [9.17, 15) is 4.79 Å². The van der Waals surface area contributed by atoms with Crippen LogP contribution in [0.3, 0.4) is 0 Å². The summed E-state index contributed by atoms with van der Waals surface area (Å²) >= 11 is 0. The summed E-state index contributed by atoms with van der Waals surface area (Å²) in [6.45, 7) is 8.28. The first-order chi connectivity index (χ1) is 9.63. The first kappa shape index (κ1) is 21.2. The van der Waals surface area contributed by atoms with E-state index in [0.717, 1.165) is 31.7 Å². The fraction of sp³-hybridized carbons (Fsp3) is 0.562. The van der Waals surface area contributed by atoms with E-state index in [-0.39, 0.29) is 36.6 Å². The van der Waals surface area contributed by atoms with Gasteiger partial charge in [0.2, 0.25) is 5.91 Å². The van der Waals surface area contributed by atoms with E-state index in [4.69, 9.17) is 5.73 Å². The average Bonchev–Trinajstić information content (AvgIpc) is 2.49. The third kappa shape index (κ3) is 5.13. The summed E-state index contributed by atoms with van der Waals surface area (Å²) in [5, 5.41) is 0. The molecule has 1 aliphatic rings. The summed E-state index contributed by atoms with van der Waals surface area (Å²) in [6.07, 6.45) is 0. The molecule has 1 aromatic carbocycles. The van der Waals surface area contributed by atoms with Crippen LogP contribution in [-0.2, 0) is 4.79 Å². The van der Waals surface area contributed by atoms with Crippen LogP contribution in [0.15, 0.2) is 30.3 Å². The number of benzene rings is 1. The lowest BCUT2D eigenvalue weighted by molar-refractivity contribution is -0.134. The van der Waals surface area contributed by atoms with Gasteiger partial charge in [0, 0.05) is 38.8 Å². The maximum atomic E-state index is 12.6. The number of halogens is 2. The van der Waals surface area contributed by atoms with Crippen LogP contribution in [-0.4, -0.2) is 54.5 Å². The molecule has 1 heterocycles. The van der Waals surface area contributed by atoms with E-state index in [1.54, 1.807) is 0 Å². The van der Waals surface area contributed by atoms with Gasteiger partial charge in [-0.3, -0.25) is 9.69 Å². The first-order valence-electron chi connectivity index (χ1n) is 7.41. The SMILES string of the molecule is CC(C)N1CCN(C(=O)C(CN)c2ccccc2)CC1.Cl.Cl. The Morgan fingerprint density at radius 3 is 2.09 bits per heavy atom. The van der Waals surface area contributed by atoms with E-state index in [0.29, 0.717) is 12.6 Å². The van der Waals surface area contributed by atoms with Gasteiger partial charge in [-0.15, -0.1) is 24.8 Å². The predicted octanol–water partition coefficient (Wildman–Crippen LogP) is 2.13. The van der Waals surface area contributed by atoms with E-state index >= 15 is 0 Å². The molecule has 1 amide bonds. The largest absolute Gasteiger partial charge is 0.340 e. The second-order valence-corrected chi connectivity index (χ2v) is 5.65. The molecule has 1 unspecified atom stereocenters. The number of carbonyl (C=O) groups is 1. The zero-order valence-corrected chi connectivity index (χ0v) is 14.9. The first-order valence-corrected chi connectivity index (χ1v) is 7.41. The average molecular weight is 348 g/mol. The molecular formula is C16H27Cl2N3O. The van der Waals surface area contributed by atoms with Crippen molar-refractivity contribution >= 4 is 30.7 Å². The molecule has 0 aromatic heterocycles. The molecule has 22 heavy (non-hydrogen) atoms. The Labute approximate surface area is 145 Å². The van der Waals surface area contributed by atoms with Crippen LogP contribution in [0.25, 0.3) is 0 Å². The van der Waals surface area contributed by atoms with Gasteiger partial charge in [0.05, 0.1) is 5.92 Å². The second-order valence-electron chi connectivity index (χ2n) is 5.65. The Kier molecular flexibility index (Phi) is 9.69. The Balaban J connectivity index is 0.00000220. The molecule has 1 saturated heterocycles. The fourth-order valence-electron chi connectivity index (χ4n) is 2.74. The third-order valence-electron chi connectivity index (χ3n) is 4.09. The molecule has 0 spiro atoms. The van der Waals surface area contributed by atoms with Crippen LogP contribution < -0.4 is 5.73 Å². The predicted molar refractivity (Wildman–Crippen MR) is 96.0 cm³/mol. The molecule has 1 fully saturated rings. The molecule has 0 bridgehead atoms. The molecule has 126 valence electrons. The van der Waals surface area contributed by atoms with Crippen molar-refractivity contribution in [3.05, 3.63) is 35.9 Å². The van der Waals surface area contributed by atoms with Gasteiger partial charge in [-0.05, 0) is 19.4 Å². The van der Waals surface area contributed by atoms with E-state index < -0.39 is 0 Å². The summed E-state index contributed by atoms with van der Waals surface area (Å²) in [6, 6.07) is 10.4. The lowest BCUT2D eigenvalue weighted by atomic mass is 9.97. The standard InChI is InChI=1S/C16H25N3O.2ClH/c1-13(2)18-8-10-19(11-9-18)16(20)15(12-17)14-6-4-3-5-7-14;;/h3-7,13,15H,8-12,17H2,1-2H3;2*1H. The number of amides is 1. The highest BCUT2D eigenvalue weighted by molar-refractivity contribution is 5.85. The minimum Gasteiger partial charge on any atom is -0.340 e. The summed E-state index contributed by atoms with van der Waals surface area (Å²) < 4.78 is 0. The fourth-order valence-corrected chi connectivity index (χ4v) is 2.74. The van der Waals surface area contributed by atoms with Gasteiger partial charge < -0.3 is 10.6 Å². The molecule has 0 radical (unpaired) electrons. The molecule has 4 nitrogen and oxygen atoms in total. The van der Waals surface area contributed by atoms with Crippen LogP contribution in [0, 0.1) is 0 Å². The Morgan fingerprint density at radius 1 is 1.09 bits per heavy atom. The lowest BCUT2D eigenvalue weighted by Crippen LogP contribution is -2.52. The topological polar surface area (TPSA) is 49.6 Å². The summed E-state index contributed by atoms with van der Waals surface area (Å²) in [5.74, 6) is -0.0380. The number of hydrogen-bond donors (Lipinski definition) is 1. The van der Waals surface area contributed by atoms with Crippen molar-refractivity contribution in [2.75, 3.05) is 32.7 Å². The van der Waals surface area contributed by atoms with Gasteiger partial charge in [-0.25, -0.2) is 0 Å². The number of nitrogens with two attached hydrogens (primary N) is 1. The normalized spacial score (nSPS) is 16.6. The van der Waals surface area contributed by atoms with Gasteiger partial charge in [0.1, 0.15) is 0 Å². The molecular weight excluding hydrogens is 321 g/mol. The minimum absolute atomic E-state index is 0. The maximum Gasteiger partial charge on any atom is 0.231 e.